The summed E-state index contributed by atoms with van der Waals surface area (Å²) in [5.41, 5.74) is 3.97. The molecule has 0 aliphatic rings. The molecule has 0 radical (unpaired) electrons. The van der Waals surface area contributed by atoms with E-state index in [-0.39, 0.29) is 12.1 Å². The molecular formula is C14H23BrN2O2. The van der Waals surface area contributed by atoms with E-state index in [1.54, 1.807) is 14.2 Å². The number of methoxy groups -OCH3 is 2. The van der Waals surface area contributed by atoms with Crippen LogP contribution in [0.4, 0.5) is 0 Å². The molecule has 0 saturated carbocycles. The maximum Gasteiger partial charge on any atom is 0.122 e. The van der Waals surface area contributed by atoms with Crippen LogP contribution >= 0.6 is 15.9 Å². The van der Waals surface area contributed by atoms with Gasteiger partial charge in [0.15, 0.2) is 0 Å². The van der Waals surface area contributed by atoms with E-state index in [1.165, 1.54) is 0 Å². The molecule has 19 heavy (non-hydrogen) atoms. The van der Waals surface area contributed by atoms with Crippen molar-refractivity contribution in [3.8, 4) is 5.75 Å². The van der Waals surface area contributed by atoms with E-state index < -0.39 is 0 Å². The Labute approximate surface area is 123 Å². The first-order chi connectivity index (χ1) is 9.15. The van der Waals surface area contributed by atoms with Gasteiger partial charge in [-0.2, -0.15) is 0 Å². The summed E-state index contributed by atoms with van der Waals surface area (Å²) < 4.78 is 11.9. The van der Waals surface area contributed by atoms with Crippen molar-refractivity contribution < 1.29 is 9.47 Å². The Morgan fingerprint density at radius 1 is 1.37 bits per heavy atom. The highest BCUT2D eigenvalue weighted by Crippen LogP contribution is 2.25. The van der Waals surface area contributed by atoms with Crippen molar-refractivity contribution in [2.75, 3.05) is 14.2 Å². The van der Waals surface area contributed by atoms with Gasteiger partial charge in [-0.3, -0.25) is 11.3 Å². The minimum absolute atomic E-state index is 0.0631. The molecule has 0 fully saturated rings. The third kappa shape index (κ3) is 4.76. The zero-order valence-corrected chi connectivity index (χ0v) is 13.4. The molecule has 108 valence electrons. The van der Waals surface area contributed by atoms with Crippen molar-refractivity contribution in [1.29, 1.82) is 0 Å². The topological polar surface area (TPSA) is 56.5 Å². The molecule has 2 atom stereocenters. The summed E-state index contributed by atoms with van der Waals surface area (Å²) in [6.45, 7) is 2.14. The summed E-state index contributed by atoms with van der Waals surface area (Å²) in [6.07, 6.45) is 2.89. The van der Waals surface area contributed by atoms with Gasteiger partial charge < -0.3 is 9.47 Å². The van der Waals surface area contributed by atoms with E-state index in [9.17, 15) is 0 Å². The third-order valence-corrected chi connectivity index (χ3v) is 3.71. The number of halogens is 1. The summed E-state index contributed by atoms with van der Waals surface area (Å²) in [5.74, 6) is 6.54. The number of nitrogens with two attached hydrogens (primary N) is 1. The minimum atomic E-state index is 0.0631. The summed E-state index contributed by atoms with van der Waals surface area (Å²) >= 11 is 3.48. The predicted octanol–water partition coefficient (Wildman–Crippen LogP) is 2.65. The summed E-state index contributed by atoms with van der Waals surface area (Å²) in [5, 5.41) is 0. The lowest BCUT2D eigenvalue weighted by Crippen LogP contribution is -2.46. The van der Waals surface area contributed by atoms with Crippen molar-refractivity contribution in [3.05, 3.63) is 28.2 Å². The van der Waals surface area contributed by atoms with Gasteiger partial charge in [-0.25, -0.2) is 0 Å². The molecule has 0 aliphatic heterocycles. The van der Waals surface area contributed by atoms with E-state index in [0.29, 0.717) is 0 Å². The van der Waals surface area contributed by atoms with Gasteiger partial charge in [0.25, 0.3) is 0 Å². The number of ether oxygens (including phenoxy) is 2. The Kier molecular flexibility index (Phi) is 7.38. The molecule has 1 aromatic carbocycles. The first-order valence-corrected chi connectivity index (χ1v) is 7.26. The Morgan fingerprint density at radius 3 is 2.63 bits per heavy atom. The van der Waals surface area contributed by atoms with Gasteiger partial charge >= 0.3 is 0 Å². The van der Waals surface area contributed by atoms with Crippen LogP contribution in [-0.4, -0.2) is 26.4 Å². The second kappa shape index (κ2) is 8.53. The first-order valence-electron chi connectivity index (χ1n) is 6.47. The average molecular weight is 331 g/mol. The largest absolute Gasteiger partial charge is 0.496 e. The predicted molar refractivity (Wildman–Crippen MR) is 81.2 cm³/mol. The highest BCUT2D eigenvalue weighted by Gasteiger charge is 2.21. The highest BCUT2D eigenvalue weighted by molar-refractivity contribution is 9.10. The zero-order chi connectivity index (χ0) is 14.3. The molecule has 1 aromatic rings. The molecule has 0 spiro atoms. The van der Waals surface area contributed by atoms with E-state index in [4.69, 9.17) is 15.3 Å². The van der Waals surface area contributed by atoms with E-state index >= 15 is 0 Å². The molecule has 0 aromatic heterocycles. The van der Waals surface area contributed by atoms with Crippen LogP contribution in [0.5, 0.6) is 5.75 Å². The molecule has 0 amide bonds. The Morgan fingerprint density at radius 2 is 2.11 bits per heavy atom. The second-order valence-electron chi connectivity index (χ2n) is 4.50. The molecule has 3 N–H and O–H groups in total. The van der Waals surface area contributed by atoms with Gasteiger partial charge in [-0.15, -0.1) is 0 Å². The molecule has 0 aliphatic carbocycles. The smallest absolute Gasteiger partial charge is 0.122 e. The molecular weight excluding hydrogens is 308 g/mol. The Balaban J connectivity index is 2.87. The lowest BCUT2D eigenvalue weighted by Gasteiger charge is -2.26. The molecule has 1 rings (SSSR count). The van der Waals surface area contributed by atoms with Crippen LogP contribution in [0, 0.1) is 0 Å². The van der Waals surface area contributed by atoms with Crippen LogP contribution < -0.4 is 16.0 Å². The van der Waals surface area contributed by atoms with E-state index in [0.717, 1.165) is 35.0 Å². The fourth-order valence-electron chi connectivity index (χ4n) is 2.21. The lowest BCUT2D eigenvalue weighted by atomic mass is 9.98. The summed E-state index contributed by atoms with van der Waals surface area (Å²) in [6, 6.07) is 6.04. The summed E-state index contributed by atoms with van der Waals surface area (Å²) in [7, 11) is 3.40. The normalized spacial score (nSPS) is 14.2. The van der Waals surface area contributed by atoms with Crippen LogP contribution in [0.2, 0.25) is 0 Å². The van der Waals surface area contributed by atoms with Crippen molar-refractivity contribution in [3.63, 3.8) is 0 Å². The Hall–Kier alpha value is -0.620. The molecule has 5 heteroatoms. The average Bonchev–Trinajstić information content (AvgIpc) is 2.42. The number of hydrogen-bond donors (Lipinski definition) is 2. The van der Waals surface area contributed by atoms with Gasteiger partial charge in [0.05, 0.1) is 19.3 Å². The number of benzene rings is 1. The van der Waals surface area contributed by atoms with Crippen LogP contribution in [0.25, 0.3) is 0 Å². The van der Waals surface area contributed by atoms with Gasteiger partial charge in [0, 0.05) is 11.6 Å². The molecule has 2 unspecified atom stereocenters. The maximum absolute atomic E-state index is 5.67. The number of rotatable bonds is 8. The van der Waals surface area contributed by atoms with Gasteiger partial charge in [0.1, 0.15) is 5.75 Å². The minimum Gasteiger partial charge on any atom is -0.496 e. The maximum atomic E-state index is 5.67. The van der Waals surface area contributed by atoms with Gasteiger partial charge in [-0.1, -0.05) is 29.3 Å². The van der Waals surface area contributed by atoms with Gasteiger partial charge in [0.2, 0.25) is 0 Å². The number of hydrazine groups is 1. The van der Waals surface area contributed by atoms with Crippen molar-refractivity contribution >= 4 is 15.9 Å². The quantitative estimate of drug-likeness (QED) is 0.568. The van der Waals surface area contributed by atoms with Crippen LogP contribution in [0.15, 0.2) is 22.7 Å². The Bertz CT molecular complexity index is 388. The number of hydrogen-bond acceptors (Lipinski definition) is 4. The van der Waals surface area contributed by atoms with Crippen LogP contribution in [0.3, 0.4) is 0 Å². The van der Waals surface area contributed by atoms with E-state index in [1.807, 2.05) is 12.1 Å². The number of nitrogens with one attached hydrogen (secondary N) is 1. The van der Waals surface area contributed by atoms with Crippen molar-refractivity contribution in [2.24, 2.45) is 5.84 Å². The molecule has 0 bridgehead atoms. The van der Waals surface area contributed by atoms with E-state index in [2.05, 4.69) is 34.3 Å². The highest BCUT2D eigenvalue weighted by atomic mass is 79.9. The van der Waals surface area contributed by atoms with Crippen LogP contribution in [-0.2, 0) is 11.2 Å². The monoisotopic (exact) mass is 330 g/mol. The lowest BCUT2D eigenvalue weighted by molar-refractivity contribution is 0.0607. The summed E-state index contributed by atoms with van der Waals surface area (Å²) in [4.78, 5) is 0. The van der Waals surface area contributed by atoms with Crippen LogP contribution in [0.1, 0.15) is 25.3 Å². The third-order valence-electron chi connectivity index (χ3n) is 3.22. The van der Waals surface area contributed by atoms with Crippen molar-refractivity contribution in [1.82, 2.24) is 5.43 Å². The molecule has 0 heterocycles. The fourth-order valence-corrected chi connectivity index (χ4v) is 2.62. The standard InChI is InChI=1S/C14H23BrN2O2/c1-4-5-14(19-3)12(17-16)9-10-8-11(15)6-7-13(10)18-2/h6-8,12,14,17H,4-5,9,16H2,1-3H3. The molecule has 4 nitrogen and oxygen atoms in total. The fraction of sp³-hybridized carbons (Fsp3) is 0.571. The zero-order valence-electron chi connectivity index (χ0n) is 11.8. The van der Waals surface area contributed by atoms with Crippen molar-refractivity contribution in [2.45, 2.75) is 38.3 Å². The second-order valence-corrected chi connectivity index (χ2v) is 5.41. The van der Waals surface area contributed by atoms with Gasteiger partial charge in [-0.05, 0) is 36.6 Å². The molecule has 0 saturated heterocycles. The SMILES string of the molecule is CCCC(OC)C(Cc1cc(Br)ccc1OC)NN. The first kappa shape index (κ1) is 16.4.